The molecule has 110 valence electrons. The van der Waals surface area contributed by atoms with Crippen LogP contribution in [0.3, 0.4) is 0 Å². The molecule has 0 aromatic heterocycles. The van der Waals surface area contributed by atoms with E-state index in [1.54, 1.807) is 12.1 Å². The molecule has 0 aliphatic carbocycles. The Bertz CT molecular complexity index is 464. The van der Waals surface area contributed by atoms with Crippen molar-refractivity contribution in [2.75, 3.05) is 19.7 Å². The van der Waals surface area contributed by atoms with Gasteiger partial charge in [-0.15, -0.1) is 0 Å². The van der Waals surface area contributed by atoms with Gasteiger partial charge in [0.05, 0.1) is 0 Å². The predicted octanol–water partition coefficient (Wildman–Crippen LogP) is 2.24. The maximum atomic E-state index is 13.5. The molecule has 1 amide bonds. The lowest BCUT2D eigenvalue weighted by molar-refractivity contribution is -0.134. The molecule has 0 saturated carbocycles. The van der Waals surface area contributed by atoms with Gasteiger partial charge in [0.15, 0.2) is 0 Å². The SMILES string of the molecule is CC(CCc1ccccc1F)C(=O)N1CCC(CO)C1. The zero-order valence-electron chi connectivity index (χ0n) is 11.9. The van der Waals surface area contributed by atoms with Crippen LogP contribution < -0.4 is 0 Å². The molecule has 4 heteroatoms. The number of carbonyl (C=O) groups excluding carboxylic acids is 1. The molecular formula is C16H22FNO2. The van der Waals surface area contributed by atoms with E-state index in [4.69, 9.17) is 5.11 Å². The Hall–Kier alpha value is -1.42. The molecule has 2 atom stereocenters. The first-order valence-electron chi connectivity index (χ1n) is 7.25. The average Bonchev–Trinajstić information content (AvgIpc) is 2.94. The number of carbonyl (C=O) groups is 1. The van der Waals surface area contributed by atoms with Crippen molar-refractivity contribution in [3.8, 4) is 0 Å². The van der Waals surface area contributed by atoms with E-state index in [0.717, 1.165) is 13.0 Å². The molecule has 2 unspecified atom stereocenters. The fourth-order valence-corrected chi connectivity index (χ4v) is 2.69. The number of halogens is 1. The van der Waals surface area contributed by atoms with E-state index in [1.165, 1.54) is 6.07 Å². The molecule has 2 rings (SSSR count). The fraction of sp³-hybridized carbons (Fsp3) is 0.562. The molecular weight excluding hydrogens is 257 g/mol. The first-order chi connectivity index (χ1) is 9.61. The van der Waals surface area contributed by atoms with Gasteiger partial charge in [0.2, 0.25) is 5.91 Å². The monoisotopic (exact) mass is 279 g/mol. The summed E-state index contributed by atoms with van der Waals surface area (Å²) in [6.07, 6.45) is 2.11. The van der Waals surface area contributed by atoms with E-state index in [2.05, 4.69) is 0 Å². The number of aryl methyl sites for hydroxylation is 1. The lowest BCUT2D eigenvalue weighted by atomic mass is 9.99. The third-order valence-electron chi connectivity index (χ3n) is 4.08. The van der Waals surface area contributed by atoms with Gasteiger partial charge in [0.1, 0.15) is 5.82 Å². The van der Waals surface area contributed by atoms with Gasteiger partial charge in [-0.3, -0.25) is 4.79 Å². The molecule has 0 radical (unpaired) electrons. The minimum atomic E-state index is -0.200. The van der Waals surface area contributed by atoms with Crippen LogP contribution in [0.15, 0.2) is 24.3 Å². The van der Waals surface area contributed by atoms with Crippen molar-refractivity contribution < 1.29 is 14.3 Å². The highest BCUT2D eigenvalue weighted by molar-refractivity contribution is 5.78. The lowest BCUT2D eigenvalue weighted by Gasteiger charge is -2.21. The highest BCUT2D eigenvalue weighted by atomic mass is 19.1. The fourth-order valence-electron chi connectivity index (χ4n) is 2.69. The van der Waals surface area contributed by atoms with Gasteiger partial charge >= 0.3 is 0 Å². The van der Waals surface area contributed by atoms with Gasteiger partial charge in [0, 0.05) is 31.5 Å². The van der Waals surface area contributed by atoms with Gasteiger partial charge in [0.25, 0.3) is 0 Å². The smallest absolute Gasteiger partial charge is 0.225 e. The average molecular weight is 279 g/mol. The molecule has 1 heterocycles. The van der Waals surface area contributed by atoms with Crippen molar-refractivity contribution in [1.82, 2.24) is 4.90 Å². The maximum absolute atomic E-state index is 13.5. The van der Waals surface area contributed by atoms with Crippen LogP contribution in [0, 0.1) is 17.7 Å². The van der Waals surface area contributed by atoms with Crippen LogP contribution >= 0.6 is 0 Å². The van der Waals surface area contributed by atoms with Gasteiger partial charge in [-0.05, 0) is 30.9 Å². The van der Waals surface area contributed by atoms with Crippen molar-refractivity contribution in [2.45, 2.75) is 26.2 Å². The van der Waals surface area contributed by atoms with Crippen LogP contribution in [-0.4, -0.2) is 35.6 Å². The zero-order chi connectivity index (χ0) is 14.5. The predicted molar refractivity (Wildman–Crippen MR) is 75.7 cm³/mol. The summed E-state index contributed by atoms with van der Waals surface area (Å²) in [5, 5.41) is 9.11. The quantitative estimate of drug-likeness (QED) is 0.898. The minimum absolute atomic E-state index is 0.105. The summed E-state index contributed by atoms with van der Waals surface area (Å²) in [4.78, 5) is 14.1. The Morgan fingerprint density at radius 2 is 2.25 bits per heavy atom. The van der Waals surface area contributed by atoms with Crippen LogP contribution in [0.4, 0.5) is 4.39 Å². The molecule has 1 aromatic rings. The lowest BCUT2D eigenvalue weighted by Crippen LogP contribution is -2.33. The van der Waals surface area contributed by atoms with E-state index in [9.17, 15) is 9.18 Å². The van der Waals surface area contributed by atoms with E-state index < -0.39 is 0 Å². The summed E-state index contributed by atoms with van der Waals surface area (Å²) in [7, 11) is 0. The summed E-state index contributed by atoms with van der Waals surface area (Å²) >= 11 is 0. The van der Waals surface area contributed by atoms with Crippen LogP contribution in [0.1, 0.15) is 25.3 Å². The third kappa shape index (κ3) is 3.57. The molecule has 0 spiro atoms. The molecule has 1 fully saturated rings. The Morgan fingerprint density at radius 1 is 1.50 bits per heavy atom. The molecule has 1 aliphatic heterocycles. The summed E-state index contributed by atoms with van der Waals surface area (Å²) in [5.41, 5.74) is 0.668. The van der Waals surface area contributed by atoms with Crippen molar-refractivity contribution in [3.05, 3.63) is 35.6 Å². The third-order valence-corrected chi connectivity index (χ3v) is 4.08. The molecule has 1 N–H and O–H groups in total. The molecule has 1 aromatic carbocycles. The summed E-state index contributed by atoms with van der Waals surface area (Å²) < 4.78 is 13.5. The number of aliphatic hydroxyl groups is 1. The highest BCUT2D eigenvalue weighted by Gasteiger charge is 2.28. The van der Waals surface area contributed by atoms with Gasteiger partial charge < -0.3 is 10.0 Å². The van der Waals surface area contributed by atoms with E-state index in [-0.39, 0.29) is 30.2 Å². The van der Waals surface area contributed by atoms with Crippen LogP contribution in [-0.2, 0) is 11.2 Å². The summed E-state index contributed by atoms with van der Waals surface area (Å²) in [6.45, 7) is 3.43. The van der Waals surface area contributed by atoms with Crippen molar-refractivity contribution >= 4 is 5.91 Å². The number of hydrogen-bond acceptors (Lipinski definition) is 2. The van der Waals surface area contributed by atoms with E-state index >= 15 is 0 Å². The van der Waals surface area contributed by atoms with Gasteiger partial charge in [-0.2, -0.15) is 0 Å². The molecule has 3 nitrogen and oxygen atoms in total. The standard InChI is InChI=1S/C16H22FNO2/c1-12(6-7-14-4-2-3-5-15(14)17)16(20)18-9-8-13(10-18)11-19/h2-5,12-13,19H,6-11H2,1H3. The highest BCUT2D eigenvalue weighted by Crippen LogP contribution is 2.20. The summed E-state index contributed by atoms with van der Waals surface area (Å²) in [5.74, 6) is 0.0377. The van der Waals surface area contributed by atoms with Crippen LogP contribution in [0.2, 0.25) is 0 Å². The van der Waals surface area contributed by atoms with Crippen molar-refractivity contribution in [3.63, 3.8) is 0 Å². The Balaban J connectivity index is 1.84. The van der Waals surface area contributed by atoms with Crippen molar-refractivity contribution in [1.29, 1.82) is 0 Å². The Labute approximate surface area is 119 Å². The number of benzene rings is 1. The largest absolute Gasteiger partial charge is 0.396 e. The van der Waals surface area contributed by atoms with E-state index in [0.29, 0.717) is 24.9 Å². The molecule has 1 saturated heterocycles. The summed E-state index contributed by atoms with van der Waals surface area (Å²) in [6, 6.07) is 6.71. The number of nitrogens with zero attached hydrogens (tertiary/aromatic N) is 1. The zero-order valence-corrected chi connectivity index (χ0v) is 11.9. The second-order valence-corrected chi connectivity index (χ2v) is 5.65. The number of amides is 1. The van der Waals surface area contributed by atoms with Crippen LogP contribution in [0.25, 0.3) is 0 Å². The maximum Gasteiger partial charge on any atom is 0.225 e. The number of aliphatic hydroxyl groups excluding tert-OH is 1. The molecule has 20 heavy (non-hydrogen) atoms. The second kappa shape index (κ2) is 6.84. The number of likely N-dealkylation sites (tertiary alicyclic amines) is 1. The topological polar surface area (TPSA) is 40.5 Å². The first-order valence-corrected chi connectivity index (χ1v) is 7.25. The molecule has 0 bridgehead atoms. The Kier molecular flexibility index (Phi) is 5.12. The Morgan fingerprint density at radius 3 is 2.90 bits per heavy atom. The van der Waals surface area contributed by atoms with Gasteiger partial charge in [-0.25, -0.2) is 4.39 Å². The minimum Gasteiger partial charge on any atom is -0.396 e. The molecule has 1 aliphatic rings. The van der Waals surface area contributed by atoms with E-state index in [1.807, 2.05) is 17.9 Å². The first kappa shape index (κ1) is 15.0. The normalized spacial score (nSPS) is 20.1. The van der Waals surface area contributed by atoms with Gasteiger partial charge in [-0.1, -0.05) is 25.1 Å². The number of rotatable bonds is 5. The second-order valence-electron chi connectivity index (χ2n) is 5.65. The van der Waals surface area contributed by atoms with Crippen LogP contribution in [0.5, 0.6) is 0 Å². The van der Waals surface area contributed by atoms with Crippen molar-refractivity contribution in [2.24, 2.45) is 11.8 Å². The number of hydrogen-bond donors (Lipinski definition) is 1.